The van der Waals surface area contributed by atoms with Crippen LogP contribution < -0.4 is 5.32 Å². The molecule has 0 radical (unpaired) electrons. The van der Waals surface area contributed by atoms with E-state index in [2.05, 4.69) is 21.2 Å². The Morgan fingerprint density at radius 3 is 2.61 bits per heavy atom. The molecule has 0 bridgehead atoms. The number of rotatable bonds is 2. The van der Waals surface area contributed by atoms with Gasteiger partial charge in [0.1, 0.15) is 5.82 Å². The minimum atomic E-state index is -0.283. The molecule has 0 saturated carbocycles. The van der Waals surface area contributed by atoms with E-state index in [-0.39, 0.29) is 11.7 Å². The third-order valence-corrected chi connectivity index (χ3v) is 3.23. The summed E-state index contributed by atoms with van der Waals surface area (Å²) in [5.41, 5.74) is 1.62. The molecule has 0 atom stereocenters. The van der Waals surface area contributed by atoms with Crippen molar-refractivity contribution in [1.29, 1.82) is 0 Å². The van der Waals surface area contributed by atoms with Crippen LogP contribution >= 0.6 is 15.9 Å². The number of anilines is 1. The highest BCUT2D eigenvalue weighted by atomic mass is 79.9. The van der Waals surface area contributed by atoms with Crippen LogP contribution in [0.2, 0.25) is 0 Å². The molecule has 92 valence electrons. The second-order valence-corrected chi connectivity index (χ2v) is 4.75. The van der Waals surface area contributed by atoms with Crippen molar-refractivity contribution < 1.29 is 9.18 Å². The monoisotopic (exact) mass is 307 g/mol. The fourth-order valence-electron chi connectivity index (χ4n) is 1.57. The molecule has 0 aliphatic rings. The van der Waals surface area contributed by atoms with Gasteiger partial charge in [-0.25, -0.2) is 4.39 Å². The predicted molar refractivity (Wildman–Crippen MR) is 73.2 cm³/mol. The molecule has 2 aromatic carbocycles. The zero-order valence-corrected chi connectivity index (χ0v) is 11.3. The zero-order valence-electron chi connectivity index (χ0n) is 9.71. The maximum absolute atomic E-state index is 13.1. The molecule has 2 aromatic rings. The molecule has 0 fully saturated rings. The Morgan fingerprint density at radius 1 is 1.22 bits per heavy atom. The Morgan fingerprint density at radius 2 is 1.94 bits per heavy atom. The lowest BCUT2D eigenvalue weighted by Crippen LogP contribution is -2.12. The Hall–Kier alpha value is -1.68. The van der Waals surface area contributed by atoms with Gasteiger partial charge in [-0.3, -0.25) is 4.79 Å². The van der Waals surface area contributed by atoms with Crippen molar-refractivity contribution in [3.8, 4) is 0 Å². The lowest BCUT2D eigenvalue weighted by Gasteiger charge is -2.07. The minimum Gasteiger partial charge on any atom is -0.322 e. The van der Waals surface area contributed by atoms with Crippen LogP contribution in [0.15, 0.2) is 46.9 Å². The van der Waals surface area contributed by atoms with E-state index in [1.807, 2.05) is 6.07 Å². The summed E-state index contributed by atoms with van der Waals surface area (Å²) in [6.45, 7) is 1.66. The van der Waals surface area contributed by atoms with E-state index < -0.39 is 0 Å². The van der Waals surface area contributed by atoms with Crippen molar-refractivity contribution in [3.63, 3.8) is 0 Å². The van der Waals surface area contributed by atoms with Gasteiger partial charge in [-0.1, -0.05) is 12.1 Å². The summed E-state index contributed by atoms with van der Waals surface area (Å²) < 4.78 is 13.8. The van der Waals surface area contributed by atoms with Crippen molar-refractivity contribution in [2.24, 2.45) is 0 Å². The highest BCUT2D eigenvalue weighted by Crippen LogP contribution is 2.19. The van der Waals surface area contributed by atoms with Crippen molar-refractivity contribution in [3.05, 3.63) is 63.9 Å². The molecule has 0 aliphatic heterocycles. The molecule has 4 heteroatoms. The van der Waals surface area contributed by atoms with Gasteiger partial charge in [0.15, 0.2) is 0 Å². The van der Waals surface area contributed by atoms with E-state index in [4.69, 9.17) is 0 Å². The van der Waals surface area contributed by atoms with Gasteiger partial charge in [0.2, 0.25) is 0 Å². The third-order valence-electron chi connectivity index (χ3n) is 2.53. The number of hydrogen-bond acceptors (Lipinski definition) is 1. The average Bonchev–Trinajstić information content (AvgIpc) is 2.34. The van der Waals surface area contributed by atoms with E-state index in [1.54, 1.807) is 31.2 Å². The van der Waals surface area contributed by atoms with Crippen LogP contribution in [0.1, 0.15) is 15.9 Å². The zero-order chi connectivity index (χ0) is 13.1. The Kier molecular flexibility index (Phi) is 3.77. The number of nitrogens with one attached hydrogen (secondary N) is 1. The number of aryl methyl sites for hydroxylation is 1. The topological polar surface area (TPSA) is 29.1 Å². The first-order valence-electron chi connectivity index (χ1n) is 5.40. The Balaban J connectivity index is 2.22. The van der Waals surface area contributed by atoms with Gasteiger partial charge in [-0.05, 0) is 58.7 Å². The SMILES string of the molecule is Cc1cc(NC(=O)c2ccccc2Br)ccc1F. The number of halogens is 2. The molecule has 2 nitrogen and oxygen atoms in total. The van der Waals surface area contributed by atoms with Crippen molar-refractivity contribution in [2.45, 2.75) is 6.92 Å². The molecular formula is C14H11BrFNO. The van der Waals surface area contributed by atoms with E-state index in [1.165, 1.54) is 12.1 Å². The molecule has 0 spiro atoms. The molecule has 0 aromatic heterocycles. The van der Waals surface area contributed by atoms with Crippen LogP contribution in [-0.2, 0) is 0 Å². The second-order valence-electron chi connectivity index (χ2n) is 3.90. The van der Waals surface area contributed by atoms with Crippen molar-refractivity contribution >= 4 is 27.5 Å². The van der Waals surface area contributed by atoms with Crippen LogP contribution in [0, 0.1) is 12.7 Å². The Labute approximate surface area is 113 Å². The standard InChI is InChI=1S/C14H11BrFNO/c1-9-8-10(6-7-13(9)16)17-14(18)11-4-2-3-5-12(11)15/h2-8H,1H3,(H,17,18). The number of carbonyl (C=O) groups is 1. The summed E-state index contributed by atoms with van der Waals surface area (Å²) in [5, 5.41) is 2.73. The van der Waals surface area contributed by atoms with Crippen LogP contribution in [-0.4, -0.2) is 5.91 Å². The number of benzene rings is 2. The molecule has 18 heavy (non-hydrogen) atoms. The fraction of sp³-hybridized carbons (Fsp3) is 0.0714. The van der Waals surface area contributed by atoms with Crippen LogP contribution in [0.3, 0.4) is 0 Å². The van der Waals surface area contributed by atoms with Crippen molar-refractivity contribution in [2.75, 3.05) is 5.32 Å². The first kappa shape index (κ1) is 12.8. The van der Waals surface area contributed by atoms with E-state index in [9.17, 15) is 9.18 Å². The van der Waals surface area contributed by atoms with Gasteiger partial charge in [-0.2, -0.15) is 0 Å². The minimum absolute atomic E-state index is 0.228. The molecule has 0 heterocycles. The largest absolute Gasteiger partial charge is 0.322 e. The van der Waals surface area contributed by atoms with Crippen LogP contribution in [0.4, 0.5) is 10.1 Å². The normalized spacial score (nSPS) is 10.2. The molecule has 2 rings (SSSR count). The van der Waals surface area contributed by atoms with E-state index in [0.717, 1.165) is 4.47 Å². The molecule has 1 N–H and O–H groups in total. The van der Waals surface area contributed by atoms with Crippen LogP contribution in [0.5, 0.6) is 0 Å². The molecule has 1 amide bonds. The van der Waals surface area contributed by atoms with Crippen LogP contribution in [0.25, 0.3) is 0 Å². The Bertz CT molecular complexity index is 598. The highest BCUT2D eigenvalue weighted by molar-refractivity contribution is 9.10. The smallest absolute Gasteiger partial charge is 0.256 e. The van der Waals surface area contributed by atoms with Gasteiger partial charge in [-0.15, -0.1) is 0 Å². The number of amides is 1. The van der Waals surface area contributed by atoms with E-state index >= 15 is 0 Å². The first-order valence-corrected chi connectivity index (χ1v) is 6.19. The maximum atomic E-state index is 13.1. The fourth-order valence-corrected chi connectivity index (χ4v) is 2.03. The van der Waals surface area contributed by atoms with Gasteiger partial charge in [0, 0.05) is 10.2 Å². The second kappa shape index (κ2) is 5.31. The number of hydrogen-bond donors (Lipinski definition) is 1. The highest BCUT2D eigenvalue weighted by Gasteiger charge is 2.09. The summed E-state index contributed by atoms with van der Waals surface area (Å²) >= 11 is 3.32. The molecule has 0 saturated heterocycles. The summed E-state index contributed by atoms with van der Waals surface area (Å²) in [5.74, 6) is -0.512. The summed E-state index contributed by atoms with van der Waals surface area (Å²) in [6, 6.07) is 11.6. The van der Waals surface area contributed by atoms with Gasteiger partial charge >= 0.3 is 0 Å². The summed E-state index contributed by atoms with van der Waals surface area (Å²) in [4.78, 5) is 12.0. The van der Waals surface area contributed by atoms with Crippen molar-refractivity contribution in [1.82, 2.24) is 0 Å². The van der Waals surface area contributed by atoms with Gasteiger partial charge in [0.05, 0.1) is 5.56 Å². The average molecular weight is 308 g/mol. The number of carbonyl (C=O) groups excluding carboxylic acids is 1. The van der Waals surface area contributed by atoms with E-state index in [0.29, 0.717) is 16.8 Å². The third kappa shape index (κ3) is 2.76. The quantitative estimate of drug-likeness (QED) is 0.887. The summed E-state index contributed by atoms with van der Waals surface area (Å²) in [7, 11) is 0. The molecule has 0 unspecified atom stereocenters. The lowest BCUT2D eigenvalue weighted by molar-refractivity contribution is 0.102. The molecule has 0 aliphatic carbocycles. The molecular weight excluding hydrogens is 297 g/mol. The first-order chi connectivity index (χ1) is 8.58. The van der Waals surface area contributed by atoms with Gasteiger partial charge < -0.3 is 5.32 Å². The summed E-state index contributed by atoms with van der Waals surface area (Å²) in [6.07, 6.45) is 0. The predicted octanol–water partition coefficient (Wildman–Crippen LogP) is 4.15. The maximum Gasteiger partial charge on any atom is 0.256 e. The van der Waals surface area contributed by atoms with Gasteiger partial charge in [0.25, 0.3) is 5.91 Å². The lowest BCUT2D eigenvalue weighted by atomic mass is 10.2.